The van der Waals surface area contributed by atoms with Crippen LogP contribution < -0.4 is 5.32 Å². The third-order valence-electron chi connectivity index (χ3n) is 8.08. The molecule has 34 heavy (non-hydrogen) atoms. The van der Waals surface area contributed by atoms with Gasteiger partial charge in [-0.15, -0.1) is 0 Å². The van der Waals surface area contributed by atoms with Crippen LogP contribution in [0.2, 0.25) is 0 Å². The van der Waals surface area contributed by atoms with Crippen LogP contribution in [0.5, 0.6) is 0 Å². The van der Waals surface area contributed by atoms with E-state index in [0.29, 0.717) is 6.42 Å². The van der Waals surface area contributed by atoms with E-state index in [4.69, 9.17) is 4.74 Å². The number of alkyl carbamates (subject to hydrolysis) is 1. The van der Waals surface area contributed by atoms with Crippen molar-refractivity contribution in [2.45, 2.75) is 56.1 Å². The number of nitrogens with one attached hydrogen (secondary N) is 1. The van der Waals surface area contributed by atoms with Gasteiger partial charge in [0.1, 0.15) is 12.6 Å². The molecule has 2 aromatic carbocycles. The van der Waals surface area contributed by atoms with Crippen LogP contribution in [0.15, 0.2) is 48.5 Å². The van der Waals surface area contributed by atoms with E-state index in [9.17, 15) is 19.5 Å². The predicted octanol–water partition coefficient (Wildman–Crippen LogP) is 3.77. The number of hydrogen-bond acceptors (Lipinski definition) is 4. The van der Waals surface area contributed by atoms with Crippen LogP contribution in [0.25, 0.3) is 11.1 Å². The molecule has 2 amide bonds. The lowest BCUT2D eigenvalue weighted by Crippen LogP contribution is -2.52. The van der Waals surface area contributed by atoms with Crippen LogP contribution in [-0.2, 0) is 14.3 Å². The van der Waals surface area contributed by atoms with Gasteiger partial charge in [0.05, 0.1) is 5.92 Å². The summed E-state index contributed by atoms with van der Waals surface area (Å²) < 4.78 is 5.67. The van der Waals surface area contributed by atoms with E-state index in [0.717, 1.165) is 47.9 Å². The third kappa shape index (κ3) is 3.45. The summed E-state index contributed by atoms with van der Waals surface area (Å²) in [6, 6.07) is 15.4. The fourth-order valence-electron chi connectivity index (χ4n) is 6.34. The fraction of sp³-hybridized carbons (Fsp3) is 0.444. The molecule has 176 valence electrons. The number of hydrogen-bond donors (Lipinski definition) is 2. The molecular weight excluding hydrogens is 432 g/mol. The zero-order valence-corrected chi connectivity index (χ0v) is 18.9. The van der Waals surface area contributed by atoms with Crippen molar-refractivity contribution >= 4 is 18.0 Å². The summed E-state index contributed by atoms with van der Waals surface area (Å²) in [6.45, 7) is 0.196. The smallest absolute Gasteiger partial charge is 0.407 e. The van der Waals surface area contributed by atoms with E-state index in [2.05, 4.69) is 29.6 Å². The number of carbonyl (C=O) groups excluding carboxylic acids is 2. The number of carbonyl (C=O) groups is 3. The van der Waals surface area contributed by atoms with Gasteiger partial charge in [-0.25, -0.2) is 4.79 Å². The van der Waals surface area contributed by atoms with Crippen molar-refractivity contribution < 1.29 is 24.2 Å². The lowest BCUT2D eigenvalue weighted by molar-refractivity contribution is -0.143. The number of amides is 2. The minimum Gasteiger partial charge on any atom is -0.481 e. The van der Waals surface area contributed by atoms with Crippen LogP contribution in [-0.4, -0.2) is 52.7 Å². The predicted molar refractivity (Wildman–Crippen MR) is 124 cm³/mol. The van der Waals surface area contributed by atoms with E-state index < -0.39 is 24.0 Å². The Bertz CT molecular complexity index is 1110. The first-order valence-electron chi connectivity index (χ1n) is 12.2. The molecule has 2 N–H and O–H groups in total. The molecule has 4 aliphatic rings. The SMILES string of the molecule is O=C(NC(C(=O)N1C2CCC1C(C(=O)O)C2)C1CC1)OCC1c2ccccc2-c2ccccc21. The number of ether oxygens (including phenoxy) is 1. The highest BCUT2D eigenvalue weighted by atomic mass is 16.5. The minimum absolute atomic E-state index is 0.0378. The van der Waals surface area contributed by atoms with Gasteiger partial charge in [0.2, 0.25) is 5.91 Å². The van der Waals surface area contributed by atoms with Crippen molar-refractivity contribution in [3.05, 3.63) is 59.7 Å². The summed E-state index contributed by atoms with van der Waals surface area (Å²) in [7, 11) is 0. The maximum absolute atomic E-state index is 13.4. The number of rotatable bonds is 6. The summed E-state index contributed by atoms with van der Waals surface area (Å²) >= 11 is 0. The standard InChI is InChI=1S/C27H28N2O5/c30-25(29-16-11-12-23(29)21(13-16)26(31)32)24(15-9-10-15)28-27(33)34-14-22-19-7-3-1-5-17(19)18-6-2-4-8-20(18)22/h1-8,15-16,21-24H,9-14H2,(H,28,33)(H,31,32). The largest absolute Gasteiger partial charge is 0.481 e. The Morgan fingerprint density at radius 3 is 2.21 bits per heavy atom. The lowest BCUT2D eigenvalue weighted by atomic mass is 9.89. The molecule has 2 aliphatic heterocycles. The van der Waals surface area contributed by atoms with Gasteiger partial charge >= 0.3 is 12.1 Å². The van der Waals surface area contributed by atoms with Gasteiger partial charge in [0.15, 0.2) is 0 Å². The number of carboxylic acid groups (broad SMARTS) is 1. The van der Waals surface area contributed by atoms with E-state index in [-0.39, 0.29) is 36.4 Å². The average molecular weight is 461 g/mol. The van der Waals surface area contributed by atoms with Gasteiger partial charge < -0.3 is 20.1 Å². The highest BCUT2D eigenvalue weighted by Crippen LogP contribution is 2.45. The molecule has 2 bridgehead atoms. The molecular formula is C27H28N2O5. The Hall–Kier alpha value is -3.35. The van der Waals surface area contributed by atoms with Crippen LogP contribution >= 0.6 is 0 Å². The number of carboxylic acids is 1. The van der Waals surface area contributed by atoms with Crippen molar-refractivity contribution in [2.75, 3.05) is 6.61 Å². The summed E-state index contributed by atoms with van der Waals surface area (Å²) in [6.07, 6.45) is 3.23. The van der Waals surface area contributed by atoms with E-state index >= 15 is 0 Å². The molecule has 2 aliphatic carbocycles. The Balaban J connectivity index is 1.14. The van der Waals surface area contributed by atoms with Gasteiger partial charge in [-0.05, 0) is 60.3 Å². The van der Waals surface area contributed by atoms with Gasteiger partial charge in [0.25, 0.3) is 0 Å². The van der Waals surface area contributed by atoms with Crippen LogP contribution in [0, 0.1) is 11.8 Å². The van der Waals surface area contributed by atoms with E-state index in [1.165, 1.54) is 0 Å². The zero-order chi connectivity index (χ0) is 23.4. The highest BCUT2D eigenvalue weighted by molar-refractivity contribution is 5.88. The Kier molecular flexibility index (Phi) is 5.08. The maximum atomic E-state index is 13.4. The zero-order valence-electron chi connectivity index (χ0n) is 18.9. The first-order chi connectivity index (χ1) is 16.5. The normalized spacial score (nSPS) is 25.5. The number of aliphatic carboxylic acids is 1. The van der Waals surface area contributed by atoms with Gasteiger partial charge in [-0.3, -0.25) is 9.59 Å². The second kappa shape index (κ2) is 8.15. The number of fused-ring (bicyclic) bond motifs is 5. The molecule has 0 aromatic heterocycles. The molecule has 0 spiro atoms. The van der Waals surface area contributed by atoms with Gasteiger partial charge in [0, 0.05) is 18.0 Å². The molecule has 7 heteroatoms. The van der Waals surface area contributed by atoms with Crippen molar-refractivity contribution in [3.63, 3.8) is 0 Å². The second-order valence-corrected chi connectivity index (χ2v) is 10.0. The summed E-state index contributed by atoms with van der Waals surface area (Å²) in [5.74, 6) is -1.43. The molecule has 4 unspecified atom stereocenters. The summed E-state index contributed by atoms with van der Waals surface area (Å²) in [5, 5.41) is 12.4. The molecule has 2 heterocycles. The van der Waals surface area contributed by atoms with Crippen molar-refractivity contribution in [3.8, 4) is 11.1 Å². The van der Waals surface area contributed by atoms with Gasteiger partial charge in [-0.2, -0.15) is 0 Å². The third-order valence-corrected chi connectivity index (χ3v) is 8.08. The quantitative estimate of drug-likeness (QED) is 0.684. The molecule has 7 nitrogen and oxygen atoms in total. The molecule has 6 rings (SSSR count). The number of nitrogens with zero attached hydrogens (tertiary/aromatic N) is 1. The highest BCUT2D eigenvalue weighted by Gasteiger charge is 2.54. The minimum atomic E-state index is -0.836. The summed E-state index contributed by atoms with van der Waals surface area (Å²) in [5.41, 5.74) is 4.60. The first kappa shape index (κ1) is 21.2. The Morgan fingerprint density at radius 1 is 0.971 bits per heavy atom. The van der Waals surface area contributed by atoms with E-state index in [1.807, 2.05) is 24.3 Å². The Morgan fingerprint density at radius 2 is 1.62 bits per heavy atom. The first-order valence-corrected chi connectivity index (χ1v) is 12.2. The maximum Gasteiger partial charge on any atom is 0.407 e. The van der Waals surface area contributed by atoms with Crippen molar-refractivity contribution in [1.82, 2.24) is 10.2 Å². The lowest BCUT2D eigenvalue weighted by Gasteiger charge is -2.28. The number of benzene rings is 2. The molecule has 4 atom stereocenters. The topological polar surface area (TPSA) is 95.9 Å². The monoisotopic (exact) mass is 460 g/mol. The molecule has 2 saturated heterocycles. The van der Waals surface area contributed by atoms with Crippen LogP contribution in [0.3, 0.4) is 0 Å². The second-order valence-electron chi connectivity index (χ2n) is 10.0. The summed E-state index contributed by atoms with van der Waals surface area (Å²) in [4.78, 5) is 39.6. The van der Waals surface area contributed by atoms with Crippen molar-refractivity contribution in [1.29, 1.82) is 0 Å². The molecule has 0 radical (unpaired) electrons. The van der Waals surface area contributed by atoms with Crippen LogP contribution in [0.1, 0.15) is 49.1 Å². The molecule has 3 fully saturated rings. The fourth-order valence-corrected chi connectivity index (χ4v) is 6.34. The Labute approximate surface area is 198 Å². The molecule has 2 aromatic rings. The van der Waals surface area contributed by atoms with Crippen LogP contribution in [0.4, 0.5) is 4.79 Å². The average Bonchev–Trinajstić information content (AvgIpc) is 3.40. The van der Waals surface area contributed by atoms with Gasteiger partial charge in [-0.1, -0.05) is 48.5 Å². The van der Waals surface area contributed by atoms with Crippen molar-refractivity contribution in [2.24, 2.45) is 11.8 Å². The molecule has 1 saturated carbocycles. The van der Waals surface area contributed by atoms with E-state index in [1.54, 1.807) is 4.90 Å².